The van der Waals surface area contributed by atoms with E-state index in [1.807, 2.05) is 6.92 Å². The molecule has 1 unspecified atom stereocenters. The standard InChI is InChI=1S/C24H30N2O2/c1-2-28-24(27)21-10-7-15-25(18-21)16-17-26-22-11-5-3-8-19(22)13-14-20-9-4-6-12-23(20)26/h3-6,8-9,11-12,21H,2,7,10,13-18H2,1H3. The monoisotopic (exact) mass is 378 g/mol. The maximum absolute atomic E-state index is 12.2. The van der Waals surface area contributed by atoms with Gasteiger partial charge in [-0.25, -0.2) is 0 Å². The second-order valence-corrected chi connectivity index (χ2v) is 7.80. The Bertz CT molecular complexity index is 772. The number of benzene rings is 2. The first-order valence-corrected chi connectivity index (χ1v) is 10.6. The number of rotatable bonds is 5. The molecular weight excluding hydrogens is 348 g/mol. The van der Waals surface area contributed by atoms with E-state index < -0.39 is 0 Å². The van der Waals surface area contributed by atoms with Crippen molar-refractivity contribution < 1.29 is 9.53 Å². The first kappa shape index (κ1) is 19.0. The molecule has 2 aliphatic heterocycles. The van der Waals surface area contributed by atoms with Gasteiger partial charge in [0.1, 0.15) is 0 Å². The van der Waals surface area contributed by atoms with Crippen LogP contribution in [0.25, 0.3) is 0 Å². The van der Waals surface area contributed by atoms with Gasteiger partial charge in [-0.1, -0.05) is 36.4 Å². The van der Waals surface area contributed by atoms with Crippen molar-refractivity contribution in [2.75, 3.05) is 37.7 Å². The van der Waals surface area contributed by atoms with E-state index >= 15 is 0 Å². The average Bonchev–Trinajstić information content (AvgIpc) is 2.89. The predicted molar refractivity (Wildman–Crippen MR) is 113 cm³/mol. The SMILES string of the molecule is CCOC(=O)C1CCCN(CCN2c3ccccc3CCc3ccccc32)C1. The quantitative estimate of drug-likeness (QED) is 0.730. The molecule has 2 aromatic rings. The number of anilines is 2. The van der Waals surface area contributed by atoms with E-state index in [1.54, 1.807) is 0 Å². The highest BCUT2D eigenvalue weighted by atomic mass is 16.5. The molecule has 4 rings (SSSR count). The molecule has 28 heavy (non-hydrogen) atoms. The molecule has 4 heteroatoms. The Balaban J connectivity index is 1.51. The number of carbonyl (C=O) groups excluding carboxylic acids is 1. The van der Waals surface area contributed by atoms with Gasteiger partial charge in [-0.3, -0.25) is 4.79 Å². The number of likely N-dealkylation sites (tertiary alicyclic amines) is 1. The maximum Gasteiger partial charge on any atom is 0.310 e. The van der Waals surface area contributed by atoms with Gasteiger partial charge in [-0.05, 0) is 62.4 Å². The zero-order valence-corrected chi connectivity index (χ0v) is 16.8. The molecule has 2 aromatic carbocycles. The Hall–Kier alpha value is -2.33. The van der Waals surface area contributed by atoms with Gasteiger partial charge in [0.2, 0.25) is 0 Å². The fourth-order valence-electron chi connectivity index (χ4n) is 4.56. The molecule has 0 N–H and O–H groups in total. The number of hydrogen-bond acceptors (Lipinski definition) is 4. The summed E-state index contributed by atoms with van der Waals surface area (Å²) in [5, 5.41) is 0. The number of carbonyl (C=O) groups is 1. The number of ether oxygens (including phenoxy) is 1. The van der Waals surface area contributed by atoms with E-state index in [0.717, 1.165) is 51.9 Å². The summed E-state index contributed by atoms with van der Waals surface area (Å²) in [5.74, 6) is -0.00456. The smallest absolute Gasteiger partial charge is 0.310 e. The van der Waals surface area contributed by atoms with Crippen LogP contribution in [0.4, 0.5) is 11.4 Å². The fourth-order valence-corrected chi connectivity index (χ4v) is 4.56. The summed E-state index contributed by atoms with van der Waals surface area (Å²) in [6, 6.07) is 17.6. The lowest BCUT2D eigenvalue weighted by Crippen LogP contribution is -2.42. The number of piperidine rings is 1. The molecular formula is C24H30N2O2. The first-order valence-electron chi connectivity index (χ1n) is 10.6. The number of para-hydroxylation sites is 2. The van der Waals surface area contributed by atoms with E-state index in [2.05, 4.69) is 58.3 Å². The molecule has 1 saturated heterocycles. The Morgan fingerprint density at radius 3 is 2.29 bits per heavy atom. The second kappa shape index (κ2) is 8.78. The summed E-state index contributed by atoms with van der Waals surface area (Å²) in [7, 11) is 0. The molecule has 0 radical (unpaired) electrons. The van der Waals surface area contributed by atoms with Crippen LogP contribution in [0.3, 0.4) is 0 Å². The summed E-state index contributed by atoms with van der Waals surface area (Å²) in [6.45, 7) is 6.12. The third-order valence-electron chi connectivity index (χ3n) is 5.99. The summed E-state index contributed by atoms with van der Waals surface area (Å²) in [4.78, 5) is 17.1. The van der Waals surface area contributed by atoms with Crippen LogP contribution in [0, 0.1) is 5.92 Å². The van der Waals surface area contributed by atoms with Gasteiger partial charge in [-0.2, -0.15) is 0 Å². The molecule has 0 saturated carbocycles. The minimum atomic E-state index is -0.0299. The lowest BCUT2D eigenvalue weighted by atomic mass is 9.98. The van der Waals surface area contributed by atoms with Gasteiger partial charge in [-0.15, -0.1) is 0 Å². The highest BCUT2D eigenvalue weighted by Gasteiger charge is 2.27. The Morgan fingerprint density at radius 2 is 1.64 bits per heavy atom. The number of esters is 1. The van der Waals surface area contributed by atoms with E-state index in [0.29, 0.717) is 6.61 Å². The van der Waals surface area contributed by atoms with Crippen LogP contribution in [-0.2, 0) is 22.4 Å². The van der Waals surface area contributed by atoms with Crippen molar-refractivity contribution in [2.24, 2.45) is 5.92 Å². The topological polar surface area (TPSA) is 32.8 Å². The van der Waals surface area contributed by atoms with Crippen LogP contribution in [-0.4, -0.2) is 43.7 Å². The Morgan fingerprint density at radius 1 is 1.00 bits per heavy atom. The second-order valence-electron chi connectivity index (χ2n) is 7.80. The van der Waals surface area contributed by atoms with Gasteiger partial charge >= 0.3 is 5.97 Å². The summed E-state index contributed by atoms with van der Waals surface area (Å²) in [5.41, 5.74) is 5.49. The van der Waals surface area contributed by atoms with Crippen LogP contribution < -0.4 is 4.90 Å². The van der Waals surface area contributed by atoms with Gasteiger partial charge in [0, 0.05) is 31.0 Å². The minimum absolute atomic E-state index is 0.0254. The molecule has 0 aromatic heterocycles. The lowest BCUT2D eigenvalue weighted by molar-refractivity contribution is -0.149. The van der Waals surface area contributed by atoms with E-state index in [-0.39, 0.29) is 11.9 Å². The summed E-state index contributed by atoms with van der Waals surface area (Å²) >= 11 is 0. The minimum Gasteiger partial charge on any atom is -0.466 e. The first-order chi connectivity index (χ1) is 13.8. The molecule has 148 valence electrons. The normalized spacial score (nSPS) is 19.5. The van der Waals surface area contributed by atoms with Crippen LogP contribution in [0.2, 0.25) is 0 Å². The molecule has 4 nitrogen and oxygen atoms in total. The number of nitrogens with zero attached hydrogens (tertiary/aromatic N) is 2. The van der Waals surface area contributed by atoms with Crippen LogP contribution in [0.5, 0.6) is 0 Å². The predicted octanol–water partition coefficient (Wildman–Crippen LogP) is 4.20. The van der Waals surface area contributed by atoms with Crippen molar-refractivity contribution in [3.05, 3.63) is 59.7 Å². The molecule has 1 atom stereocenters. The molecule has 0 spiro atoms. The highest BCUT2D eigenvalue weighted by molar-refractivity contribution is 5.73. The Labute approximate surface area is 168 Å². The highest BCUT2D eigenvalue weighted by Crippen LogP contribution is 2.35. The third kappa shape index (κ3) is 4.07. The van der Waals surface area contributed by atoms with Gasteiger partial charge in [0.05, 0.1) is 12.5 Å². The summed E-state index contributed by atoms with van der Waals surface area (Å²) in [6.07, 6.45) is 4.18. The summed E-state index contributed by atoms with van der Waals surface area (Å²) < 4.78 is 5.26. The Kier molecular flexibility index (Phi) is 5.96. The molecule has 2 heterocycles. The van der Waals surface area contributed by atoms with Crippen molar-refractivity contribution in [3.8, 4) is 0 Å². The molecule has 0 bridgehead atoms. The molecule has 0 aliphatic carbocycles. The number of fused-ring (bicyclic) bond motifs is 2. The largest absolute Gasteiger partial charge is 0.466 e. The fraction of sp³-hybridized carbons (Fsp3) is 0.458. The molecule has 1 fully saturated rings. The van der Waals surface area contributed by atoms with Gasteiger partial charge in [0.25, 0.3) is 0 Å². The van der Waals surface area contributed by atoms with Crippen LogP contribution >= 0.6 is 0 Å². The zero-order chi connectivity index (χ0) is 19.3. The van der Waals surface area contributed by atoms with Crippen LogP contribution in [0.1, 0.15) is 30.9 Å². The van der Waals surface area contributed by atoms with Crippen molar-refractivity contribution in [1.82, 2.24) is 4.90 Å². The van der Waals surface area contributed by atoms with E-state index in [4.69, 9.17) is 4.74 Å². The van der Waals surface area contributed by atoms with Crippen molar-refractivity contribution in [2.45, 2.75) is 32.6 Å². The average molecular weight is 379 g/mol. The number of hydrogen-bond donors (Lipinski definition) is 0. The van der Waals surface area contributed by atoms with Crippen LogP contribution in [0.15, 0.2) is 48.5 Å². The maximum atomic E-state index is 12.2. The number of aryl methyl sites for hydroxylation is 2. The van der Waals surface area contributed by atoms with Gasteiger partial charge in [0.15, 0.2) is 0 Å². The third-order valence-corrected chi connectivity index (χ3v) is 5.99. The molecule has 2 aliphatic rings. The van der Waals surface area contributed by atoms with Crippen molar-refractivity contribution in [1.29, 1.82) is 0 Å². The molecule has 0 amide bonds. The van der Waals surface area contributed by atoms with E-state index in [9.17, 15) is 4.79 Å². The van der Waals surface area contributed by atoms with E-state index in [1.165, 1.54) is 22.5 Å². The lowest BCUT2D eigenvalue weighted by Gasteiger charge is -2.34. The zero-order valence-electron chi connectivity index (χ0n) is 16.8. The van der Waals surface area contributed by atoms with Gasteiger partial charge < -0.3 is 14.5 Å². The van der Waals surface area contributed by atoms with Crippen molar-refractivity contribution in [3.63, 3.8) is 0 Å². The van der Waals surface area contributed by atoms with Crippen molar-refractivity contribution >= 4 is 17.3 Å².